The molecule has 0 unspecified atom stereocenters. The first kappa shape index (κ1) is 24.9. The second-order valence-corrected chi connectivity index (χ2v) is 8.76. The molecule has 31 heavy (non-hydrogen) atoms. The van der Waals surface area contributed by atoms with Gasteiger partial charge in [-0.05, 0) is 77.3 Å². The zero-order chi connectivity index (χ0) is 22.7. The quantitative estimate of drug-likeness (QED) is 0.348. The van der Waals surface area contributed by atoms with Crippen molar-refractivity contribution in [3.8, 4) is 5.75 Å². The molecule has 0 heterocycles. The van der Waals surface area contributed by atoms with E-state index in [-0.39, 0.29) is 5.97 Å². The van der Waals surface area contributed by atoms with Crippen molar-refractivity contribution in [1.29, 1.82) is 0 Å². The number of carbonyl (C=O) groups excluding carboxylic acids is 1. The molecule has 2 rings (SSSR count). The molecule has 0 aromatic heterocycles. The van der Waals surface area contributed by atoms with Crippen molar-refractivity contribution in [2.45, 2.75) is 38.2 Å². The summed E-state index contributed by atoms with van der Waals surface area (Å²) in [5.74, 6) is 0.485. The number of rotatable bonds is 13. The molecule has 170 valence electrons. The maximum atomic E-state index is 13.1. The van der Waals surface area contributed by atoms with Crippen LogP contribution < -0.4 is 4.74 Å². The molecule has 0 bridgehead atoms. The van der Waals surface area contributed by atoms with Crippen molar-refractivity contribution in [1.82, 2.24) is 9.80 Å². The average Bonchev–Trinajstić information content (AvgIpc) is 2.73. The molecule has 0 saturated heterocycles. The summed E-state index contributed by atoms with van der Waals surface area (Å²) in [4.78, 5) is 17.3. The van der Waals surface area contributed by atoms with Crippen LogP contribution in [0, 0.1) is 0 Å². The van der Waals surface area contributed by atoms with Crippen LogP contribution in [0.5, 0.6) is 5.75 Å². The molecule has 0 fully saturated rings. The highest BCUT2D eigenvalue weighted by Gasteiger charge is 2.36. The average molecular weight is 427 g/mol. The van der Waals surface area contributed by atoms with E-state index in [1.807, 2.05) is 58.5 Å². The van der Waals surface area contributed by atoms with Crippen LogP contribution in [-0.2, 0) is 11.2 Å². The Morgan fingerprint density at radius 2 is 1.52 bits per heavy atom. The third kappa shape index (κ3) is 8.72. The van der Waals surface area contributed by atoms with Gasteiger partial charge in [-0.25, -0.2) is 4.79 Å². The van der Waals surface area contributed by atoms with Gasteiger partial charge >= 0.3 is 5.97 Å². The van der Waals surface area contributed by atoms with Crippen molar-refractivity contribution >= 4 is 5.97 Å². The fraction of sp³-hybridized carbons (Fsp3) is 0.500. The number of esters is 1. The van der Waals surface area contributed by atoms with Gasteiger partial charge < -0.3 is 19.3 Å². The number of benzene rings is 2. The molecule has 0 radical (unpaired) electrons. The summed E-state index contributed by atoms with van der Waals surface area (Å²) in [7, 11) is 8.07. The Morgan fingerprint density at radius 3 is 2.06 bits per heavy atom. The molecule has 2 aromatic carbocycles. The Bertz CT molecular complexity index is 763. The second kappa shape index (κ2) is 12.5. The van der Waals surface area contributed by atoms with Crippen molar-refractivity contribution in [2.75, 3.05) is 47.9 Å². The minimum absolute atomic E-state index is 0.295. The minimum atomic E-state index is -0.615. The summed E-state index contributed by atoms with van der Waals surface area (Å²) in [6, 6.07) is 17.6. The summed E-state index contributed by atoms with van der Waals surface area (Å²) in [6.07, 6.45) is 3.70. The smallest absolute Gasteiger partial charge is 0.338 e. The highest BCUT2D eigenvalue weighted by molar-refractivity contribution is 5.89. The van der Waals surface area contributed by atoms with Gasteiger partial charge in [0, 0.05) is 13.1 Å². The van der Waals surface area contributed by atoms with E-state index >= 15 is 0 Å². The number of unbranched alkanes of at least 4 members (excludes halogenated alkanes) is 1. The fourth-order valence-electron chi connectivity index (χ4n) is 3.77. The number of hydrogen-bond donors (Lipinski definition) is 0. The lowest BCUT2D eigenvalue weighted by atomic mass is 9.93. The highest BCUT2D eigenvalue weighted by atomic mass is 16.6. The summed E-state index contributed by atoms with van der Waals surface area (Å²) in [5, 5.41) is 0. The Labute approximate surface area is 188 Å². The zero-order valence-electron chi connectivity index (χ0n) is 19.8. The lowest BCUT2D eigenvalue weighted by molar-refractivity contribution is -0.0457. The molecule has 5 heteroatoms. The van der Waals surface area contributed by atoms with Crippen LogP contribution in [0.2, 0.25) is 0 Å². The largest absolute Gasteiger partial charge is 0.494 e. The standard InChI is InChI=1S/C26H38N2O3/c1-6-7-19-30-24-15-13-23(14-16-24)25(29)31-26(20-27(2)3,21-28(4)5)18-17-22-11-9-8-10-12-22/h8-16H,6-7,17-21H2,1-5H3. The molecule has 5 nitrogen and oxygen atoms in total. The van der Waals surface area contributed by atoms with E-state index in [2.05, 4.69) is 28.9 Å². The van der Waals surface area contributed by atoms with Gasteiger partial charge in [-0.15, -0.1) is 0 Å². The third-order valence-electron chi connectivity index (χ3n) is 5.09. The van der Waals surface area contributed by atoms with Crippen LogP contribution in [0.25, 0.3) is 0 Å². The van der Waals surface area contributed by atoms with Crippen LogP contribution in [0.3, 0.4) is 0 Å². The molecule has 0 atom stereocenters. The topological polar surface area (TPSA) is 42.0 Å². The van der Waals surface area contributed by atoms with Crippen LogP contribution >= 0.6 is 0 Å². The number of nitrogens with zero attached hydrogens (tertiary/aromatic N) is 2. The molecule has 2 aromatic rings. The van der Waals surface area contributed by atoms with Gasteiger partial charge in [0.15, 0.2) is 0 Å². The normalized spacial score (nSPS) is 11.7. The Balaban J connectivity index is 2.16. The highest BCUT2D eigenvalue weighted by Crippen LogP contribution is 2.24. The maximum absolute atomic E-state index is 13.1. The summed E-state index contributed by atoms with van der Waals surface area (Å²) >= 11 is 0. The van der Waals surface area contributed by atoms with Gasteiger partial charge in [0.2, 0.25) is 0 Å². The van der Waals surface area contributed by atoms with Gasteiger partial charge in [0.25, 0.3) is 0 Å². The van der Waals surface area contributed by atoms with E-state index in [9.17, 15) is 4.79 Å². The predicted molar refractivity (Wildman–Crippen MR) is 127 cm³/mol. The first-order valence-corrected chi connectivity index (χ1v) is 11.1. The molecule has 0 saturated carbocycles. The van der Waals surface area contributed by atoms with Crippen LogP contribution in [0.15, 0.2) is 54.6 Å². The summed E-state index contributed by atoms with van der Waals surface area (Å²) in [5.41, 5.74) is 1.18. The number of ether oxygens (including phenoxy) is 2. The molecular formula is C26H38N2O3. The molecule has 0 aliphatic rings. The molecule has 0 aliphatic heterocycles. The van der Waals surface area contributed by atoms with Crippen LogP contribution in [0.1, 0.15) is 42.1 Å². The van der Waals surface area contributed by atoms with Crippen LogP contribution in [0.4, 0.5) is 0 Å². The van der Waals surface area contributed by atoms with Crippen molar-refractivity contribution in [3.05, 3.63) is 65.7 Å². The number of carbonyl (C=O) groups is 1. The van der Waals surface area contributed by atoms with Gasteiger partial charge in [-0.3, -0.25) is 0 Å². The zero-order valence-corrected chi connectivity index (χ0v) is 19.8. The Kier molecular flexibility index (Phi) is 10.0. The van der Waals surface area contributed by atoms with Gasteiger partial charge in [0.1, 0.15) is 11.4 Å². The van der Waals surface area contributed by atoms with Crippen molar-refractivity contribution < 1.29 is 14.3 Å². The summed E-state index contributed by atoms with van der Waals surface area (Å²) < 4.78 is 12.0. The Morgan fingerprint density at radius 1 is 0.903 bits per heavy atom. The van der Waals surface area contributed by atoms with E-state index in [4.69, 9.17) is 9.47 Å². The second-order valence-electron chi connectivity index (χ2n) is 8.76. The summed E-state index contributed by atoms with van der Waals surface area (Å²) in [6.45, 7) is 4.13. The number of hydrogen-bond acceptors (Lipinski definition) is 5. The predicted octanol–water partition coefficient (Wildman–Crippen LogP) is 4.52. The lowest BCUT2D eigenvalue weighted by Gasteiger charge is -2.38. The van der Waals surface area contributed by atoms with E-state index in [0.29, 0.717) is 25.3 Å². The van der Waals surface area contributed by atoms with Gasteiger partial charge in [0.05, 0.1) is 12.2 Å². The molecular weight excluding hydrogens is 388 g/mol. The van der Waals surface area contributed by atoms with Gasteiger partial charge in [-0.2, -0.15) is 0 Å². The van der Waals surface area contributed by atoms with Crippen LogP contribution in [-0.4, -0.2) is 69.3 Å². The fourth-order valence-corrected chi connectivity index (χ4v) is 3.77. The maximum Gasteiger partial charge on any atom is 0.338 e. The molecule has 0 aliphatic carbocycles. The van der Waals surface area contributed by atoms with E-state index < -0.39 is 5.60 Å². The van der Waals surface area contributed by atoms with E-state index in [1.54, 1.807) is 12.1 Å². The van der Waals surface area contributed by atoms with E-state index in [1.165, 1.54) is 5.56 Å². The van der Waals surface area contributed by atoms with Crippen molar-refractivity contribution in [3.63, 3.8) is 0 Å². The first-order valence-electron chi connectivity index (χ1n) is 11.1. The molecule has 0 amide bonds. The minimum Gasteiger partial charge on any atom is -0.494 e. The molecule has 0 N–H and O–H groups in total. The lowest BCUT2D eigenvalue weighted by Crippen LogP contribution is -2.51. The first-order chi connectivity index (χ1) is 14.8. The Hall–Kier alpha value is -2.37. The SMILES string of the molecule is CCCCOc1ccc(C(=O)OC(CCc2ccccc2)(CN(C)C)CN(C)C)cc1. The van der Waals surface area contributed by atoms with Crippen molar-refractivity contribution in [2.24, 2.45) is 0 Å². The third-order valence-corrected chi connectivity index (χ3v) is 5.09. The monoisotopic (exact) mass is 426 g/mol. The van der Waals surface area contributed by atoms with E-state index in [0.717, 1.165) is 31.4 Å². The number of likely N-dealkylation sites (N-methyl/N-ethyl adjacent to an activating group) is 2. The van der Waals surface area contributed by atoms with Gasteiger partial charge in [-0.1, -0.05) is 43.7 Å². The number of aryl methyl sites for hydroxylation is 1. The molecule has 0 spiro atoms.